The number of hydrogen-bond donors (Lipinski definition) is 1. The number of benzene rings is 5. The van der Waals surface area contributed by atoms with Crippen molar-refractivity contribution >= 4 is 34.8 Å². The van der Waals surface area contributed by atoms with Crippen molar-refractivity contribution < 1.29 is 47.4 Å². The van der Waals surface area contributed by atoms with Crippen molar-refractivity contribution in [3.63, 3.8) is 0 Å². The monoisotopic (exact) mass is 1760 g/mol. The van der Waals surface area contributed by atoms with Gasteiger partial charge in [0.05, 0.1) is 12.2 Å². The summed E-state index contributed by atoms with van der Waals surface area (Å²) in [7, 11) is 0. The molecule has 0 aromatic heterocycles. The highest BCUT2D eigenvalue weighted by atomic mass is 19.1. The van der Waals surface area contributed by atoms with E-state index >= 15 is 0 Å². The molecule has 1 N–H and O–H groups in total. The van der Waals surface area contributed by atoms with E-state index in [2.05, 4.69) is 340 Å². The molecule has 127 heavy (non-hydrogen) atoms. The van der Waals surface area contributed by atoms with E-state index in [9.17, 15) is 33.2 Å². The van der Waals surface area contributed by atoms with Crippen LogP contribution in [-0.4, -0.2) is 66.8 Å². The zero-order valence-corrected chi connectivity index (χ0v) is 91.0. The Morgan fingerprint density at radius 1 is 0.362 bits per heavy atom. The topological polar surface area (TPSA) is 142 Å². The smallest absolute Gasteiger partial charge is 0.258 e. The number of carbonyl (C=O) groups is 6. The van der Waals surface area contributed by atoms with Gasteiger partial charge in [-0.2, -0.15) is 0 Å². The summed E-state index contributed by atoms with van der Waals surface area (Å²) in [6.45, 7) is 103. The molecular weight excluding hydrogens is 1570 g/mol. The Morgan fingerprint density at radius 2 is 0.764 bits per heavy atom. The molecule has 0 unspecified atom stereocenters. The highest BCUT2D eigenvalue weighted by Gasteiger charge is 2.33. The van der Waals surface area contributed by atoms with Crippen LogP contribution in [0.4, 0.5) is 4.39 Å². The Kier molecular flexibility index (Phi) is 50.2. The van der Waals surface area contributed by atoms with Crippen LogP contribution in [0.5, 0.6) is 11.5 Å². The maximum atomic E-state index is 13.8. The van der Waals surface area contributed by atoms with Crippen LogP contribution in [0.2, 0.25) is 0 Å². The van der Waals surface area contributed by atoms with Gasteiger partial charge in [0, 0.05) is 61.8 Å². The van der Waals surface area contributed by atoms with E-state index in [0.29, 0.717) is 55.3 Å². The SMILES string of the molecule is CC(C)(C)CCC(=O)c1cc(C(C)(C)C)ccc1F.CC(C)(C)CCC(=O)c1cccc(C(C)(C)C)c1.CC(C)CC(=O)CCCCCC(C)(C)C.CC(C)CC(=O)COCCC(C)(C)C(C)(C)C.Cc1cc(OCC(=O)NC(C)(C)C)cc(C)c1C(C)(C)C.Cc1cc(OCC(C)(C)C)cc(C)c1C(C)(C)C.Cc1ccc(C(=O)CCC(C)(C)C)cc1C(C)(C)C. The second kappa shape index (κ2) is 52.0. The number of halogens is 1. The van der Waals surface area contributed by atoms with Crippen molar-refractivity contribution in [1.29, 1.82) is 0 Å². The van der Waals surface area contributed by atoms with Crippen LogP contribution in [-0.2, 0) is 46.2 Å². The number of unbranched alkanes of at least 4 members (excludes halogenated alkanes) is 2. The van der Waals surface area contributed by atoms with Crippen molar-refractivity contribution in [3.8, 4) is 11.5 Å². The first-order valence-corrected chi connectivity index (χ1v) is 47.9. The van der Waals surface area contributed by atoms with Gasteiger partial charge < -0.3 is 19.5 Å². The second-order valence-electron chi connectivity index (χ2n) is 51.1. The number of nitrogens with one attached hydrogen (secondary N) is 1. The van der Waals surface area contributed by atoms with E-state index in [-0.39, 0.29) is 113 Å². The van der Waals surface area contributed by atoms with Gasteiger partial charge >= 0.3 is 0 Å². The quantitative estimate of drug-likeness (QED) is 0.0382. The van der Waals surface area contributed by atoms with Crippen LogP contribution in [0.3, 0.4) is 0 Å². The summed E-state index contributed by atoms with van der Waals surface area (Å²) in [5.74, 6) is 3.27. The third kappa shape index (κ3) is 56.0. The molecule has 10 nitrogen and oxygen atoms in total. The summed E-state index contributed by atoms with van der Waals surface area (Å²) in [6.07, 6.45) is 12.3. The third-order valence-corrected chi connectivity index (χ3v) is 22.2. The highest BCUT2D eigenvalue weighted by Crippen LogP contribution is 2.41. The number of rotatable bonds is 28. The lowest BCUT2D eigenvalue weighted by Crippen LogP contribution is -2.43. The summed E-state index contributed by atoms with van der Waals surface area (Å²) in [6, 6.07) is 27.4. The number of hydrogen-bond acceptors (Lipinski definition) is 9. The van der Waals surface area contributed by atoms with Crippen molar-refractivity contribution in [1.82, 2.24) is 5.32 Å². The number of Topliss-reactive ketones (excluding diaryl/α,β-unsaturated/α-hetero) is 5. The van der Waals surface area contributed by atoms with E-state index in [0.717, 1.165) is 79.7 Å². The fraction of sp³-hybridized carbons (Fsp3) is 0.690. The van der Waals surface area contributed by atoms with Crippen molar-refractivity contribution in [3.05, 3.63) is 163 Å². The molecule has 0 bridgehead atoms. The minimum atomic E-state index is -0.410. The third-order valence-electron chi connectivity index (χ3n) is 22.2. The lowest BCUT2D eigenvalue weighted by molar-refractivity contribution is -0.125. The van der Waals surface area contributed by atoms with Gasteiger partial charge in [0.1, 0.15) is 29.7 Å². The molecule has 1 amide bonds. The summed E-state index contributed by atoms with van der Waals surface area (Å²) < 4.78 is 30.8. The van der Waals surface area contributed by atoms with E-state index in [1.165, 1.54) is 75.4 Å². The van der Waals surface area contributed by atoms with E-state index < -0.39 is 5.82 Å². The molecule has 0 atom stereocenters. The molecule has 0 radical (unpaired) electrons. The molecule has 5 rings (SSSR count). The Bertz CT molecular complexity index is 4120. The molecule has 0 aliphatic heterocycles. The van der Waals surface area contributed by atoms with Gasteiger partial charge in [-0.3, -0.25) is 28.8 Å². The van der Waals surface area contributed by atoms with E-state index in [1.807, 2.05) is 57.2 Å². The minimum absolute atomic E-state index is 0.0466. The molecule has 0 fully saturated rings. The standard InChI is InChI=1S/C18H29NO2.C18H28O.C17H25FO.C17H28O.C17H26O.C15H30O2.C14H28O/c1-12-9-14(10-13(2)16(12)17(3,4)5)21-11-15(20)19-18(6,7)8;1-13-8-9-14(12-15(13)18(5,6)7)16(19)10-11-17(2,3)4;1-16(2,3)10-9-15(19)13-11-12(17(4,5)6)7-8-14(13)18;1-12-9-14(18-11-16(3,4)5)10-13(2)15(12)17(6,7)8;1-16(2,3)11-10-15(18)13-8-7-9-14(12-13)17(4,5)6;1-12(2)10-13(16)11-17-9-8-15(6,7)14(3,4)5;1-12(2)11-13(15)9-7-6-8-10-14(3,4)5/h9-10H,11H2,1-8H3,(H,19,20);8-9,12H,10-11H2,1-7H3;7-8,11H,9-10H2,1-6H3;9-10H,11H2,1-8H3;7-9,12H,10-11H2,1-6H3;12H,8-11H2,1-7H3;12H,6-11H2,1-5H3. The molecule has 5 aromatic carbocycles. The first kappa shape index (κ1) is 122. The number of ether oxygens (including phenoxy) is 3. The van der Waals surface area contributed by atoms with Crippen LogP contribution in [0.25, 0.3) is 0 Å². The molecule has 0 saturated carbocycles. The lowest BCUT2D eigenvalue weighted by Gasteiger charge is -2.38. The largest absolute Gasteiger partial charge is 0.493 e. The van der Waals surface area contributed by atoms with Gasteiger partial charge in [0.2, 0.25) is 0 Å². The van der Waals surface area contributed by atoms with Gasteiger partial charge in [0.25, 0.3) is 5.91 Å². The van der Waals surface area contributed by atoms with Crippen LogP contribution in [0.1, 0.15) is 467 Å². The second-order valence-corrected chi connectivity index (χ2v) is 51.1. The van der Waals surface area contributed by atoms with Crippen molar-refractivity contribution in [2.45, 2.75) is 448 Å². The number of carbonyl (C=O) groups excluding carboxylic acids is 6. The average Bonchev–Trinajstić information content (AvgIpc) is 0.805. The van der Waals surface area contributed by atoms with Crippen molar-refractivity contribution in [2.75, 3.05) is 26.4 Å². The average molecular weight is 1770 g/mol. The Labute approximate surface area is 781 Å². The maximum absolute atomic E-state index is 13.8. The molecule has 5 aromatic rings. The normalized spacial score (nSPS) is 12.6. The predicted molar refractivity (Wildman–Crippen MR) is 547 cm³/mol. The van der Waals surface area contributed by atoms with Crippen LogP contribution < -0.4 is 14.8 Å². The molecule has 0 spiro atoms. The zero-order valence-electron chi connectivity index (χ0n) is 91.0. The number of aryl methyl sites for hydroxylation is 5. The van der Waals surface area contributed by atoms with E-state index in [4.69, 9.17) is 14.2 Å². The molecule has 0 heterocycles. The number of ketones is 5. The predicted octanol–water partition coefficient (Wildman–Crippen LogP) is 33.0. The fourth-order valence-electron chi connectivity index (χ4n) is 14.3. The first-order valence-electron chi connectivity index (χ1n) is 47.9. The van der Waals surface area contributed by atoms with Crippen molar-refractivity contribution in [2.24, 2.45) is 49.7 Å². The summed E-state index contributed by atoms with van der Waals surface area (Å²) in [4.78, 5) is 71.3. The van der Waals surface area contributed by atoms with Gasteiger partial charge in [-0.15, -0.1) is 0 Å². The Balaban J connectivity index is 0. The maximum Gasteiger partial charge on any atom is 0.258 e. The Hall–Kier alpha value is -6.59. The zero-order chi connectivity index (χ0) is 99.8. The minimum Gasteiger partial charge on any atom is -0.493 e. The molecule has 0 aliphatic rings. The summed E-state index contributed by atoms with van der Waals surface area (Å²) in [5, 5.41) is 2.89. The number of amides is 1. The van der Waals surface area contributed by atoms with E-state index in [1.54, 1.807) is 12.1 Å². The first-order chi connectivity index (χ1) is 56.9. The highest BCUT2D eigenvalue weighted by molar-refractivity contribution is 5.97. The lowest BCUT2D eigenvalue weighted by atomic mass is 9.67. The van der Waals surface area contributed by atoms with Gasteiger partial charge in [0.15, 0.2) is 29.7 Å². The van der Waals surface area contributed by atoms with Crippen LogP contribution >= 0.6 is 0 Å². The van der Waals surface area contributed by atoms with Crippen LogP contribution in [0.15, 0.2) is 84.9 Å². The molecule has 724 valence electrons. The van der Waals surface area contributed by atoms with Gasteiger partial charge in [-0.1, -0.05) is 319 Å². The molecule has 0 saturated heterocycles. The van der Waals surface area contributed by atoms with Crippen LogP contribution in [0, 0.1) is 90.2 Å². The molecule has 0 aliphatic carbocycles. The summed E-state index contributed by atoms with van der Waals surface area (Å²) >= 11 is 0. The summed E-state index contributed by atoms with van der Waals surface area (Å²) in [5.41, 5.74) is 16.4. The van der Waals surface area contributed by atoms with Gasteiger partial charge in [-0.05, 0) is 275 Å². The fourth-order valence-corrected chi connectivity index (χ4v) is 14.3. The Morgan fingerprint density at radius 3 is 1.14 bits per heavy atom. The van der Waals surface area contributed by atoms with Gasteiger partial charge in [-0.25, -0.2) is 4.39 Å². The molecule has 11 heteroatoms. The molecular formula is C116H194FNO9.